The van der Waals surface area contributed by atoms with Gasteiger partial charge in [0, 0.05) is 11.8 Å². The average Bonchev–Trinajstić information content (AvgIpc) is 2.85. The van der Waals surface area contributed by atoms with Gasteiger partial charge in [-0.3, -0.25) is 4.79 Å². The van der Waals surface area contributed by atoms with Crippen molar-refractivity contribution >= 4 is 17.3 Å². The van der Waals surface area contributed by atoms with Gasteiger partial charge in [0.2, 0.25) is 0 Å². The minimum Gasteiger partial charge on any atom is -0.481 e. The van der Waals surface area contributed by atoms with Crippen molar-refractivity contribution in [2.75, 3.05) is 6.54 Å². The lowest BCUT2D eigenvalue weighted by Crippen LogP contribution is -2.12. The molecule has 1 aromatic rings. The molecule has 2 rings (SSSR count). The number of carbonyl (C=O) groups is 1. The highest BCUT2D eigenvalue weighted by Crippen LogP contribution is 2.26. The third kappa shape index (κ3) is 2.76. The predicted octanol–water partition coefficient (Wildman–Crippen LogP) is 1.58. The van der Waals surface area contributed by atoms with E-state index in [0.717, 1.165) is 23.7 Å². The molecule has 1 unspecified atom stereocenters. The van der Waals surface area contributed by atoms with E-state index in [2.05, 4.69) is 10.3 Å². The fourth-order valence-electron chi connectivity index (χ4n) is 1.73. The molecule has 15 heavy (non-hydrogen) atoms. The minimum atomic E-state index is -0.761. The Kier molecular flexibility index (Phi) is 3.33. The molecule has 2 N–H and O–H groups in total. The fraction of sp³-hybridized carbons (Fsp3) is 0.600. The summed E-state index contributed by atoms with van der Waals surface area (Å²) in [5.74, 6) is -0.761. The summed E-state index contributed by atoms with van der Waals surface area (Å²) in [6.07, 6.45) is 3.06. The first-order chi connectivity index (χ1) is 7.25. The molecule has 0 bridgehead atoms. The van der Waals surface area contributed by atoms with Gasteiger partial charge in [-0.1, -0.05) is 0 Å². The maximum absolute atomic E-state index is 10.4. The molecule has 0 aliphatic carbocycles. The van der Waals surface area contributed by atoms with Crippen LogP contribution in [0.15, 0.2) is 5.38 Å². The van der Waals surface area contributed by atoms with Crippen LogP contribution in [-0.2, 0) is 11.2 Å². The lowest BCUT2D eigenvalue weighted by Gasteiger charge is -2.04. The second kappa shape index (κ2) is 4.72. The van der Waals surface area contributed by atoms with Crippen molar-refractivity contribution in [3.8, 4) is 0 Å². The maximum atomic E-state index is 10.4. The summed E-state index contributed by atoms with van der Waals surface area (Å²) in [6.45, 7) is 1.06. The summed E-state index contributed by atoms with van der Waals surface area (Å²) in [6, 6.07) is 0.397. The molecule has 1 aromatic heterocycles. The van der Waals surface area contributed by atoms with Gasteiger partial charge in [0.25, 0.3) is 0 Å². The topological polar surface area (TPSA) is 62.2 Å². The number of aromatic nitrogens is 1. The zero-order valence-electron chi connectivity index (χ0n) is 8.40. The van der Waals surface area contributed by atoms with Gasteiger partial charge in [0.15, 0.2) is 0 Å². The third-order valence-corrected chi connectivity index (χ3v) is 3.53. The highest BCUT2D eigenvalue weighted by atomic mass is 32.1. The van der Waals surface area contributed by atoms with Crippen LogP contribution in [0.2, 0.25) is 0 Å². The van der Waals surface area contributed by atoms with Crippen molar-refractivity contribution in [2.24, 2.45) is 0 Å². The molecular formula is C10H14N2O2S. The van der Waals surface area contributed by atoms with E-state index >= 15 is 0 Å². The molecule has 0 radical (unpaired) electrons. The number of hydrogen-bond donors (Lipinski definition) is 2. The molecule has 0 spiro atoms. The van der Waals surface area contributed by atoms with Crippen molar-refractivity contribution in [1.29, 1.82) is 0 Å². The summed E-state index contributed by atoms with van der Waals surface area (Å²) < 4.78 is 0. The van der Waals surface area contributed by atoms with Crippen LogP contribution >= 0.6 is 11.3 Å². The summed E-state index contributed by atoms with van der Waals surface area (Å²) >= 11 is 1.63. The van der Waals surface area contributed by atoms with E-state index in [-0.39, 0.29) is 6.42 Å². The number of aryl methyl sites for hydroxylation is 1. The monoisotopic (exact) mass is 226 g/mol. The molecule has 5 heteroatoms. The molecule has 2 heterocycles. The summed E-state index contributed by atoms with van der Waals surface area (Å²) in [5, 5.41) is 15.0. The van der Waals surface area contributed by atoms with Crippen LogP contribution in [0, 0.1) is 0 Å². The molecule has 1 fully saturated rings. The molecule has 0 aromatic carbocycles. The van der Waals surface area contributed by atoms with Crippen LogP contribution in [0.4, 0.5) is 0 Å². The number of thiazole rings is 1. The van der Waals surface area contributed by atoms with Crippen molar-refractivity contribution in [3.63, 3.8) is 0 Å². The standard InChI is InChI=1S/C10H14N2O2S/c13-9(14)4-3-7-6-15-10(12-7)8-2-1-5-11-8/h6,8,11H,1-5H2,(H,13,14). The number of aliphatic carboxylic acids is 1. The van der Waals surface area contributed by atoms with Crippen LogP contribution < -0.4 is 5.32 Å². The highest BCUT2D eigenvalue weighted by molar-refractivity contribution is 7.09. The molecule has 0 saturated carbocycles. The Bertz CT molecular complexity index is 345. The normalized spacial score (nSPS) is 20.7. The second-order valence-electron chi connectivity index (χ2n) is 3.72. The van der Waals surface area contributed by atoms with Crippen molar-refractivity contribution in [3.05, 3.63) is 16.1 Å². The van der Waals surface area contributed by atoms with Gasteiger partial charge in [0.05, 0.1) is 18.2 Å². The second-order valence-corrected chi connectivity index (χ2v) is 4.61. The Morgan fingerprint density at radius 1 is 1.73 bits per heavy atom. The number of nitrogens with zero attached hydrogens (tertiary/aromatic N) is 1. The Hall–Kier alpha value is -0.940. The Morgan fingerprint density at radius 3 is 3.27 bits per heavy atom. The van der Waals surface area contributed by atoms with Crippen LogP contribution in [-0.4, -0.2) is 22.6 Å². The zero-order valence-corrected chi connectivity index (χ0v) is 9.22. The van der Waals surface area contributed by atoms with E-state index in [1.807, 2.05) is 5.38 Å². The van der Waals surface area contributed by atoms with Crippen LogP contribution in [0.5, 0.6) is 0 Å². The summed E-state index contributed by atoms with van der Waals surface area (Å²) in [5.41, 5.74) is 0.908. The number of carboxylic acids is 1. The molecule has 1 atom stereocenters. The maximum Gasteiger partial charge on any atom is 0.303 e. The number of nitrogens with one attached hydrogen (secondary N) is 1. The van der Waals surface area contributed by atoms with Crippen molar-refractivity contribution in [2.45, 2.75) is 31.7 Å². The van der Waals surface area contributed by atoms with E-state index in [0.29, 0.717) is 12.5 Å². The van der Waals surface area contributed by atoms with E-state index in [1.54, 1.807) is 11.3 Å². The first-order valence-electron chi connectivity index (χ1n) is 5.15. The average molecular weight is 226 g/mol. The predicted molar refractivity (Wildman–Crippen MR) is 58.0 cm³/mol. The number of rotatable bonds is 4. The highest BCUT2D eigenvalue weighted by Gasteiger charge is 2.19. The van der Waals surface area contributed by atoms with Crippen LogP contribution in [0.3, 0.4) is 0 Å². The zero-order chi connectivity index (χ0) is 10.7. The van der Waals surface area contributed by atoms with Crippen LogP contribution in [0.1, 0.15) is 36.0 Å². The molecule has 1 aliphatic rings. The van der Waals surface area contributed by atoms with Gasteiger partial charge < -0.3 is 10.4 Å². The van der Waals surface area contributed by atoms with E-state index < -0.39 is 5.97 Å². The largest absolute Gasteiger partial charge is 0.481 e. The SMILES string of the molecule is O=C(O)CCc1csc(C2CCCN2)n1. The first-order valence-corrected chi connectivity index (χ1v) is 6.03. The third-order valence-electron chi connectivity index (χ3n) is 2.52. The Labute approximate surface area is 92.3 Å². The van der Waals surface area contributed by atoms with E-state index in [1.165, 1.54) is 6.42 Å². The van der Waals surface area contributed by atoms with Gasteiger partial charge in [-0.2, -0.15) is 0 Å². The fourth-order valence-corrected chi connectivity index (χ4v) is 2.69. The van der Waals surface area contributed by atoms with Gasteiger partial charge >= 0.3 is 5.97 Å². The van der Waals surface area contributed by atoms with Gasteiger partial charge in [-0.15, -0.1) is 11.3 Å². The molecule has 0 amide bonds. The number of hydrogen-bond acceptors (Lipinski definition) is 4. The van der Waals surface area contributed by atoms with Gasteiger partial charge in [-0.25, -0.2) is 4.98 Å². The molecular weight excluding hydrogens is 212 g/mol. The van der Waals surface area contributed by atoms with Crippen molar-refractivity contribution < 1.29 is 9.90 Å². The van der Waals surface area contributed by atoms with Crippen molar-refractivity contribution in [1.82, 2.24) is 10.3 Å². The smallest absolute Gasteiger partial charge is 0.303 e. The molecule has 4 nitrogen and oxygen atoms in total. The first kappa shape index (κ1) is 10.6. The van der Waals surface area contributed by atoms with E-state index in [4.69, 9.17) is 5.11 Å². The minimum absolute atomic E-state index is 0.168. The lowest BCUT2D eigenvalue weighted by atomic mass is 10.2. The van der Waals surface area contributed by atoms with Crippen LogP contribution in [0.25, 0.3) is 0 Å². The van der Waals surface area contributed by atoms with Gasteiger partial charge in [0.1, 0.15) is 5.01 Å². The Morgan fingerprint density at radius 2 is 2.60 bits per heavy atom. The Balaban J connectivity index is 1.94. The summed E-state index contributed by atoms with van der Waals surface area (Å²) in [7, 11) is 0. The lowest BCUT2D eigenvalue weighted by molar-refractivity contribution is -0.136. The van der Waals surface area contributed by atoms with Gasteiger partial charge in [-0.05, 0) is 19.4 Å². The summed E-state index contributed by atoms with van der Waals surface area (Å²) in [4.78, 5) is 14.9. The molecule has 1 saturated heterocycles. The molecule has 1 aliphatic heterocycles. The number of carboxylic acid groups (broad SMARTS) is 1. The van der Waals surface area contributed by atoms with E-state index in [9.17, 15) is 4.79 Å². The molecule has 82 valence electrons. The quantitative estimate of drug-likeness (QED) is 0.818.